The molecule has 0 aliphatic rings. The average Bonchev–Trinajstić information content (AvgIpc) is 2.46. The van der Waals surface area contributed by atoms with E-state index in [1.165, 1.54) is 5.69 Å². The monoisotopic (exact) mass is 333 g/mol. The molecular formula is C16H20BrN3. The van der Waals surface area contributed by atoms with Crippen molar-refractivity contribution in [1.82, 2.24) is 4.98 Å². The van der Waals surface area contributed by atoms with Crippen molar-refractivity contribution < 1.29 is 0 Å². The van der Waals surface area contributed by atoms with Gasteiger partial charge in [-0.25, -0.2) is 4.98 Å². The molecule has 2 aromatic rings. The molecule has 0 unspecified atom stereocenters. The second-order valence-electron chi connectivity index (χ2n) is 4.88. The van der Waals surface area contributed by atoms with E-state index in [4.69, 9.17) is 0 Å². The fourth-order valence-electron chi connectivity index (χ4n) is 2.00. The van der Waals surface area contributed by atoms with Gasteiger partial charge in [-0.15, -0.1) is 0 Å². The van der Waals surface area contributed by atoms with Gasteiger partial charge in [0.05, 0.1) is 4.47 Å². The molecule has 0 aliphatic heterocycles. The summed E-state index contributed by atoms with van der Waals surface area (Å²) in [6.45, 7) is 3.96. The average molecular weight is 334 g/mol. The smallest absolute Gasteiger partial charge is 0.140 e. The standard InChI is InChI=1S/C16H20BrN3/c1-13-11-15(17)16(19-12-13)18-9-6-10-20(2)14-7-4-3-5-8-14/h3-5,7-8,11-12H,6,9-10H2,1-2H3,(H,18,19). The fraction of sp³-hybridized carbons (Fsp3) is 0.312. The molecule has 3 nitrogen and oxygen atoms in total. The van der Waals surface area contributed by atoms with Crippen molar-refractivity contribution in [2.75, 3.05) is 30.4 Å². The molecule has 0 saturated carbocycles. The molecule has 0 fully saturated rings. The first-order valence-corrected chi connectivity index (χ1v) is 7.58. The summed E-state index contributed by atoms with van der Waals surface area (Å²) in [4.78, 5) is 6.64. The van der Waals surface area contributed by atoms with E-state index in [9.17, 15) is 0 Å². The molecule has 0 amide bonds. The van der Waals surface area contributed by atoms with E-state index in [1.807, 2.05) is 19.2 Å². The number of para-hydroxylation sites is 1. The lowest BCUT2D eigenvalue weighted by Gasteiger charge is -2.19. The Balaban J connectivity index is 1.76. The number of aryl methyl sites for hydroxylation is 1. The molecule has 0 spiro atoms. The van der Waals surface area contributed by atoms with Gasteiger partial charge in [0.25, 0.3) is 0 Å². The van der Waals surface area contributed by atoms with Crippen LogP contribution in [0.25, 0.3) is 0 Å². The zero-order chi connectivity index (χ0) is 14.4. The van der Waals surface area contributed by atoms with Gasteiger partial charge in [0, 0.05) is 32.0 Å². The highest BCUT2D eigenvalue weighted by atomic mass is 79.9. The second-order valence-corrected chi connectivity index (χ2v) is 5.73. The van der Waals surface area contributed by atoms with E-state index in [0.717, 1.165) is 35.4 Å². The van der Waals surface area contributed by atoms with E-state index >= 15 is 0 Å². The topological polar surface area (TPSA) is 28.2 Å². The maximum Gasteiger partial charge on any atom is 0.140 e. The molecule has 0 radical (unpaired) electrons. The quantitative estimate of drug-likeness (QED) is 0.807. The van der Waals surface area contributed by atoms with Crippen LogP contribution in [0.5, 0.6) is 0 Å². The van der Waals surface area contributed by atoms with Crippen LogP contribution in [-0.2, 0) is 0 Å². The Labute approximate surface area is 129 Å². The van der Waals surface area contributed by atoms with Crippen LogP contribution in [0.2, 0.25) is 0 Å². The summed E-state index contributed by atoms with van der Waals surface area (Å²) in [6, 6.07) is 12.5. The fourth-order valence-corrected chi connectivity index (χ4v) is 2.60. The van der Waals surface area contributed by atoms with Crippen LogP contribution in [0, 0.1) is 6.92 Å². The maximum atomic E-state index is 4.38. The van der Waals surface area contributed by atoms with Crippen LogP contribution >= 0.6 is 15.9 Å². The number of benzene rings is 1. The van der Waals surface area contributed by atoms with Crippen molar-refractivity contribution in [1.29, 1.82) is 0 Å². The lowest BCUT2D eigenvalue weighted by Crippen LogP contribution is -2.20. The molecule has 0 bridgehead atoms. The maximum absolute atomic E-state index is 4.38. The molecule has 2 rings (SSSR count). The van der Waals surface area contributed by atoms with Gasteiger partial charge < -0.3 is 10.2 Å². The SMILES string of the molecule is Cc1cnc(NCCCN(C)c2ccccc2)c(Br)c1. The predicted molar refractivity (Wildman–Crippen MR) is 89.5 cm³/mol. The van der Waals surface area contributed by atoms with Crippen LogP contribution in [0.4, 0.5) is 11.5 Å². The van der Waals surface area contributed by atoms with Gasteiger partial charge in [-0.1, -0.05) is 18.2 Å². The molecule has 4 heteroatoms. The molecular weight excluding hydrogens is 314 g/mol. The van der Waals surface area contributed by atoms with E-state index in [1.54, 1.807) is 0 Å². The number of nitrogens with zero attached hydrogens (tertiary/aromatic N) is 2. The Morgan fingerprint density at radius 1 is 1.25 bits per heavy atom. The highest BCUT2D eigenvalue weighted by Crippen LogP contribution is 2.20. The van der Waals surface area contributed by atoms with E-state index < -0.39 is 0 Å². The van der Waals surface area contributed by atoms with E-state index in [2.05, 4.69) is 68.5 Å². The lowest BCUT2D eigenvalue weighted by molar-refractivity contribution is 0.814. The van der Waals surface area contributed by atoms with Gasteiger partial charge in [-0.3, -0.25) is 0 Å². The van der Waals surface area contributed by atoms with Crippen LogP contribution in [0.15, 0.2) is 47.1 Å². The Bertz CT molecular complexity index is 543. The van der Waals surface area contributed by atoms with Crippen LogP contribution in [0.1, 0.15) is 12.0 Å². The van der Waals surface area contributed by atoms with Gasteiger partial charge >= 0.3 is 0 Å². The summed E-state index contributed by atoms with van der Waals surface area (Å²) in [5.74, 6) is 0.915. The summed E-state index contributed by atoms with van der Waals surface area (Å²) in [5, 5.41) is 3.36. The normalized spacial score (nSPS) is 10.3. The third kappa shape index (κ3) is 4.23. The highest BCUT2D eigenvalue weighted by Gasteiger charge is 2.02. The number of halogens is 1. The largest absolute Gasteiger partial charge is 0.375 e. The molecule has 1 heterocycles. The zero-order valence-electron chi connectivity index (χ0n) is 11.9. The summed E-state index contributed by atoms with van der Waals surface area (Å²) >= 11 is 3.53. The van der Waals surface area contributed by atoms with Crippen molar-refractivity contribution in [3.8, 4) is 0 Å². The molecule has 20 heavy (non-hydrogen) atoms. The summed E-state index contributed by atoms with van der Waals surface area (Å²) < 4.78 is 1.02. The first-order valence-electron chi connectivity index (χ1n) is 6.79. The van der Waals surface area contributed by atoms with Gasteiger partial charge in [0.1, 0.15) is 5.82 Å². The Morgan fingerprint density at radius 3 is 2.70 bits per heavy atom. The third-order valence-corrected chi connectivity index (χ3v) is 3.74. The molecule has 0 atom stereocenters. The number of aromatic nitrogens is 1. The number of nitrogens with one attached hydrogen (secondary N) is 1. The van der Waals surface area contributed by atoms with Crippen molar-refractivity contribution in [2.24, 2.45) is 0 Å². The van der Waals surface area contributed by atoms with Crippen LogP contribution in [-0.4, -0.2) is 25.1 Å². The number of hydrogen-bond acceptors (Lipinski definition) is 3. The molecule has 1 aromatic carbocycles. The number of pyridine rings is 1. The molecule has 106 valence electrons. The van der Waals surface area contributed by atoms with Crippen molar-refractivity contribution >= 4 is 27.4 Å². The molecule has 1 N–H and O–H groups in total. The Hall–Kier alpha value is -1.55. The summed E-state index contributed by atoms with van der Waals surface area (Å²) in [6.07, 6.45) is 2.94. The van der Waals surface area contributed by atoms with Crippen molar-refractivity contribution in [3.05, 3.63) is 52.6 Å². The third-order valence-electron chi connectivity index (χ3n) is 3.14. The van der Waals surface area contributed by atoms with Crippen LogP contribution in [0.3, 0.4) is 0 Å². The first-order chi connectivity index (χ1) is 9.66. The summed E-state index contributed by atoms with van der Waals surface area (Å²) in [7, 11) is 2.12. The van der Waals surface area contributed by atoms with E-state index in [0.29, 0.717) is 0 Å². The van der Waals surface area contributed by atoms with Crippen molar-refractivity contribution in [3.63, 3.8) is 0 Å². The minimum absolute atomic E-state index is 0.909. The van der Waals surface area contributed by atoms with Crippen molar-refractivity contribution in [2.45, 2.75) is 13.3 Å². The number of rotatable bonds is 6. The highest BCUT2D eigenvalue weighted by molar-refractivity contribution is 9.10. The molecule has 1 aromatic heterocycles. The Morgan fingerprint density at radius 2 is 2.00 bits per heavy atom. The number of anilines is 2. The number of hydrogen-bond donors (Lipinski definition) is 1. The predicted octanol–water partition coefficient (Wildman–Crippen LogP) is 4.09. The second kappa shape index (κ2) is 7.29. The van der Waals surface area contributed by atoms with Gasteiger partial charge in [-0.2, -0.15) is 0 Å². The molecule has 0 aliphatic carbocycles. The van der Waals surface area contributed by atoms with Gasteiger partial charge in [-0.05, 0) is 53.0 Å². The van der Waals surface area contributed by atoms with E-state index in [-0.39, 0.29) is 0 Å². The minimum atomic E-state index is 0.909. The zero-order valence-corrected chi connectivity index (χ0v) is 13.5. The van der Waals surface area contributed by atoms with Gasteiger partial charge in [0.15, 0.2) is 0 Å². The van der Waals surface area contributed by atoms with Crippen LogP contribution < -0.4 is 10.2 Å². The summed E-state index contributed by atoms with van der Waals surface area (Å²) in [5.41, 5.74) is 2.41. The first kappa shape index (κ1) is 14.9. The Kier molecular flexibility index (Phi) is 5.41. The minimum Gasteiger partial charge on any atom is -0.375 e. The lowest BCUT2D eigenvalue weighted by atomic mass is 10.3. The molecule has 0 saturated heterocycles. The van der Waals surface area contributed by atoms with Gasteiger partial charge in [0.2, 0.25) is 0 Å².